The number of halogens is 1. The van der Waals surface area contributed by atoms with E-state index in [4.69, 9.17) is 9.26 Å². The van der Waals surface area contributed by atoms with Crippen LogP contribution in [0.1, 0.15) is 16.2 Å². The number of rotatable bonds is 3. The van der Waals surface area contributed by atoms with E-state index in [1.165, 1.54) is 29.2 Å². The van der Waals surface area contributed by atoms with Gasteiger partial charge in [-0.3, -0.25) is 4.79 Å². The van der Waals surface area contributed by atoms with Crippen LogP contribution in [0.15, 0.2) is 34.9 Å². The molecule has 1 fully saturated rings. The highest BCUT2D eigenvalue weighted by atomic mass is 19.1. The van der Waals surface area contributed by atoms with Crippen molar-refractivity contribution in [3.63, 3.8) is 0 Å². The number of aliphatic hydroxyl groups excluding tert-OH is 1. The van der Waals surface area contributed by atoms with Crippen molar-refractivity contribution in [3.8, 4) is 5.75 Å². The molecular weight excluding hydrogens is 291 g/mol. The molecule has 1 amide bonds. The van der Waals surface area contributed by atoms with Crippen LogP contribution >= 0.6 is 0 Å². The van der Waals surface area contributed by atoms with Gasteiger partial charge >= 0.3 is 0 Å². The van der Waals surface area contributed by atoms with Crippen LogP contribution in [-0.2, 0) is 0 Å². The number of hydrogen-bond donors (Lipinski definition) is 1. The molecule has 1 aliphatic heterocycles. The van der Waals surface area contributed by atoms with Gasteiger partial charge in [-0.25, -0.2) is 4.39 Å². The molecule has 1 aromatic carbocycles. The summed E-state index contributed by atoms with van der Waals surface area (Å²) in [4.78, 5) is 13.6. The van der Waals surface area contributed by atoms with Crippen LogP contribution in [0.4, 0.5) is 4.39 Å². The Morgan fingerprint density at radius 2 is 2.27 bits per heavy atom. The molecule has 1 N–H and O–H groups in total. The minimum Gasteiger partial charge on any atom is -0.486 e. The maximum absolute atomic E-state index is 13.1. The molecule has 2 atom stereocenters. The Kier molecular flexibility index (Phi) is 3.81. The molecule has 116 valence electrons. The highest BCUT2D eigenvalue weighted by molar-refractivity contribution is 5.91. The molecule has 0 radical (unpaired) electrons. The quantitative estimate of drug-likeness (QED) is 0.927. The second-order valence-electron chi connectivity index (χ2n) is 5.22. The monoisotopic (exact) mass is 306 g/mol. The van der Waals surface area contributed by atoms with Crippen molar-refractivity contribution >= 4 is 5.91 Å². The first-order valence-electron chi connectivity index (χ1n) is 6.86. The highest BCUT2D eigenvalue weighted by Crippen LogP contribution is 2.21. The van der Waals surface area contributed by atoms with Gasteiger partial charge in [0, 0.05) is 12.1 Å². The maximum Gasteiger partial charge on any atom is 0.292 e. The van der Waals surface area contributed by atoms with Gasteiger partial charge in [0.1, 0.15) is 23.8 Å². The number of carbonyl (C=O) groups is 1. The van der Waals surface area contributed by atoms with E-state index >= 15 is 0 Å². The average molecular weight is 306 g/mol. The Labute approximate surface area is 126 Å². The van der Waals surface area contributed by atoms with E-state index in [0.29, 0.717) is 11.4 Å². The SMILES string of the molecule is Cc1cc(C(=O)N2C[C@@H](O)[C@H](Oc3cccc(F)c3)C2)on1. The lowest BCUT2D eigenvalue weighted by Gasteiger charge is -2.16. The van der Waals surface area contributed by atoms with Crippen LogP contribution < -0.4 is 4.74 Å². The standard InChI is InChI=1S/C15H15FN2O4/c1-9-5-13(22-17-9)15(20)18-7-12(19)14(8-18)21-11-4-2-3-10(16)6-11/h2-6,12,14,19H,7-8H2,1H3/t12-,14-/m1/s1. The third-order valence-corrected chi connectivity index (χ3v) is 3.45. The Balaban J connectivity index is 1.68. The second kappa shape index (κ2) is 5.76. The summed E-state index contributed by atoms with van der Waals surface area (Å²) in [7, 11) is 0. The van der Waals surface area contributed by atoms with Gasteiger partial charge in [-0.2, -0.15) is 0 Å². The smallest absolute Gasteiger partial charge is 0.292 e. The molecule has 1 saturated heterocycles. The van der Waals surface area contributed by atoms with Crippen molar-refractivity contribution in [2.75, 3.05) is 13.1 Å². The topological polar surface area (TPSA) is 75.8 Å². The third-order valence-electron chi connectivity index (χ3n) is 3.45. The van der Waals surface area contributed by atoms with Crippen LogP contribution in [-0.4, -0.2) is 46.4 Å². The summed E-state index contributed by atoms with van der Waals surface area (Å²) in [5, 5.41) is 13.7. The minimum absolute atomic E-state index is 0.121. The number of β-amino-alcohol motifs (C(OH)–C–C–N with tert-alkyl or cyclic N) is 1. The van der Waals surface area contributed by atoms with E-state index in [1.807, 2.05) is 0 Å². The summed E-state index contributed by atoms with van der Waals surface area (Å²) in [6, 6.07) is 7.19. The molecule has 1 aromatic heterocycles. The Morgan fingerprint density at radius 3 is 2.95 bits per heavy atom. The van der Waals surface area contributed by atoms with E-state index in [2.05, 4.69) is 5.16 Å². The van der Waals surface area contributed by atoms with Crippen molar-refractivity contribution in [1.82, 2.24) is 10.1 Å². The molecule has 0 saturated carbocycles. The van der Waals surface area contributed by atoms with E-state index in [1.54, 1.807) is 13.0 Å². The zero-order chi connectivity index (χ0) is 15.7. The number of aromatic nitrogens is 1. The number of benzene rings is 1. The van der Waals surface area contributed by atoms with Gasteiger partial charge in [-0.15, -0.1) is 0 Å². The van der Waals surface area contributed by atoms with Crippen LogP contribution in [0.5, 0.6) is 5.75 Å². The number of ether oxygens (including phenoxy) is 1. The number of likely N-dealkylation sites (tertiary alicyclic amines) is 1. The Hall–Kier alpha value is -2.41. The zero-order valence-corrected chi connectivity index (χ0v) is 11.9. The number of aryl methyl sites for hydroxylation is 1. The Bertz CT molecular complexity index is 688. The number of aliphatic hydroxyl groups is 1. The first-order chi connectivity index (χ1) is 10.5. The van der Waals surface area contributed by atoms with Gasteiger partial charge < -0.3 is 19.3 Å². The normalized spacial score (nSPS) is 21.1. The fourth-order valence-electron chi connectivity index (χ4n) is 2.37. The molecule has 2 aromatic rings. The number of amides is 1. The van der Waals surface area contributed by atoms with Gasteiger partial charge in [-0.1, -0.05) is 11.2 Å². The van der Waals surface area contributed by atoms with Crippen LogP contribution in [0, 0.1) is 12.7 Å². The summed E-state index contributed by atoms with van der Waals surface area (Å²) >= 11 is 0. The van der Waals surface area contributed by atoms with Crippen molar-refractivity contribution in [2.45, 2.75) is 19.1 Å². The van der Waals surface area contributed by atoms with E-state index in [0.717, 1.165) is 0 Å². The van der Waals surface area contributed by atoms with Gasteiger partial charge in [-0.05, 0) is 19.1 Å². The zero-order valence-electron chi connectivity index (χ0n) is 11.9. The van der Waals surface area contributed by atoms with Gasteiger partial charge in [0.15, 0.2) is 0 Å². The van der Waals surface area contributed by atoms with Gasteiger partial charge in [0.05, 0.1) is 18.8 Å². The predicted molar refractivity (Wildman–Crippen MR) is 74.0 cm³/mol. The summed E-state index contributed by atoms with van der Waals surface area (Å²) in [5.74, 6) is -0.343. The lowest BCUT2D eigenvalue weighted by atomic mass is 10.2. The fraction of sp³-hybridized carbons (Fsp3) is 0.333. The highest BCUT2D eigenvalue weighted by Gasteiger charge is 2.37. The lowest BCUT2D eigenvalue weighted by molar-refractivity contribution is 0.0713. The van der Waals surface area contributed by atoms with Crippen LogP contribution in [0.2, 0.25) is 0 Å². The van der Waals surface area contributed by atoms with E-state index in [-0.39, 0.29) is 24.8 Å². The summed E-state index contributed by atoms with van der Waals surface area (Å²) in [6.45, 7) is 2.03. The molecule has 6 nitrogen and oxygen atoms in total. The molecule has 0 bridgehead atoms. The molecule has 0 spiro atoms. The van der Waals surface area contributed by atoms with Crippen LogP contribution in [0.25, 0.3) is 0 Å². The molecule has 22 heavy (non-hydrogen) atoms. The van der Waals surface area contributed by atoms with Crippen molar-refractivity contribution in [3.05, 3.63) is 47.6 Å². The number of carbonyl (C=O) groups excluding carboxylic acids is 1. The molecule has 1 aliphatic rings. The molecule has 0 unspecified atom stereocenters. The van der Waals surface area contributed by atoms with Crippen molar-refractivity contribution in [2.24, 2.45) is 0 Å². The van der Waals surface area contributed by atoms with Crippen molar-refractivity contribution in [1.29, 1.82) is 0 Å². The van der Waals surface area contributed by atoms with Crippen LogP contribution in [0.3, 0.4) is 0 Å². The third kappa shape index (κ3) is 2.94. The first-order valence-corrected chi connectivity index (χ1v) is 6.86. The predicted octanol–water partition coefficient (Wildman–Crippen LogP) is 1.39. The first kappa shape index (κ1) is 14.5. The molecule has 0 aliphatic carbocycles. The largest absolute Gasteiger partial charge is 0.486 e. The number of nitrogens with zero attached hydrogens (tertiary/aromatic N) is 2. The molecule has 7 heteroatoms. The molecule has 3 rings (SSSR count). The lowest BCUT2D eigenvalue weighted by Crippen LogP contribution is -2.31. The summed E-state index contributed by atoms with van der Waals surface area (Å²) in [6.07, 6.45) is -1.47. The minimum atomic E-state index is -0.851. The summed E-state index contributed by atoms with van der Waals surface area (Å²) < 4.78 is 23.6. The van der Waals surface area contributed by atoms with E-state index in [9.17, 15) is 14.3 Å². The fourth-order valence-corrected chi connectivity index (χ4v) is 2.37. The maximum atomic E-state index is 13.1. The van der Waals surface area contributed by atoms with Gasteiger partial charge in [0.25, 0.3) is 5.91 Å². The Morgan fingerprint density at radius 1 is 1.45 bits per heavy atom. The van der Waals surface area contributed by atoms with Gasteiger partial charge in [0.2, 0.25) is 5.76 Å². The average Bonchev–Trinajstić information content (AvgIpc) is 3.05. The van der Waals surface area contributed by atoms with Crippen molar-refractivity contribution < 1.29 is 23.6 Å². The summed E-state index contributed by atoms with van der Waals surface area (Å²) in [5.41, 5.74) is 0.607. The molecular formula is C15H15FN2O4. The second-order valence-corrected chi connectivity index (χ2v) is 5.22. The molecule has 2 heterocycles. The van der Waals surface area contributed by atoms with E-state index < -0.39 is 18.0 Å². The number of hydrogen-bond acceptors (Lipinski definition) is 5.